The van der Waals surface area contributed by atoms with Gasteiger partial charge in [0.05, 0.1) is 31.8 Å². The quantitative estimate of drug-likeness (QED) is 0.137. The highest BCUT2D eigenvalue weighted by atomic mass is 16.7. The average Bonchev–Trinajstić information content (AvgIpc) is 3.08. The molecule has 4 aromatic rings. The highest BCUT2D eigenvalue weighted by Crippen LogP contribution is 2.32. The summed E-state index contributed by atoms with van der Waals surface area (Å²) >= 11 is 0. The van der Waals surface area contributed by atoms with E-state index in [0.29, 0.717) is 26.4 Å². The summed E-state index contributed by atoms with van der Waals surface area (Å²) in [6.45, 7) is 6.69. The Bertz CT molecular complexity index is 1440. The molecule has 1 fully saturated rings. The van der Waals surface area contributed by atoms with Gasteiger partial charge in [-0.1, -0.05) is 121 Å². The van der Waals surface area contributed by atoms with Gasteiger partial charge in [-0.3, -0.25) is 4.79 Å². The normalized spacial score (nSPS) is 21.5. The molecule has 242 valence electrons. The average molecular weight is 625 g/mol. The minimum absolute atomic E-state index is 0.0304. The second kappa shape index (κ2) is 16.6. The number of ether oxygens (including phenoxy) is 6. The molecule has 4 aromatic carbocycles. The van der Waals surface area contributed by atoms with Crippen molar-refractivity contribution in [2.45, 2.75) is 77.9 Å². The standard InChI is InChI=1S/C39H44O7/c1-39(2,3)38(40)45-28-33-34(41-24-29-16-8-4-9-17-29)35(42-25-30-18-10-5-11-19-30)36(43-26-31-20-12-6-13-21-31)37(46-33)44-27-32-22-14-7-15-23-32/h4-23,33-37H,24-28H2,1-3H3/t33-,34+,35+,36-,37+/m1/s1. The number of hydrogen-bond acceptors (Lipinski definition) is 7. The maximum atomic E-state index is 12.9. The van der Waals surface area contributed by atoms with Crippen LogP contribution in [0.1, 0.15) is 43.0 Å². The lowest BCUT2D eigenvalue weighted by Gasteiger charge is -2.45. The van der Waals surface area contributed by atoms with Gasteiger partial charge in [-0.05, 0) is 43.0 Å². The smallest absolute Gasteiger partial charge is 0.311 e. The molecule has 0 N–H and O–H groups in total. The van der Waals surface area contributed by atoms with E-state index in [1.807, 2.05) is 142 Å². The Labute approximate surface area is 272 Å². The number of carbonyl (C=O) groups is 1. The molecule has 1 heterocycles. The fourth-order valence-electron chi connectivity index (χ4n) is 5.14. The fourth-order valence-corrected chi connectivity index (χ4v) is 5.14. The van der Waals surface area contributed by atoms with Crippen molar-refractivity contribution in [2.24, 2.45) is 5.41 Å². The van der Waals surface area contributed by atoms with Gasteiger partial charge in [-0.25, -0.2) is 0 Å². The Kier molecular flexibility index (Phi) is 12.1. The first-order valence-electron chi connectivity index (χ1n) is 15.8. The first-order valence-corrected chi connectivity index (χ1v) is 15.8. The summed E-state index contributed by atoms with van der Waals surface area (Å²) in [5, 5.41) is 0. The van der Waals surface area contributed by atoms with Crippen LogP contribution in [0.15, 0.2) is 121 Å². The van der Waals surface area contributed by atoms with E-state index in [1.165, 1.54) is 0 Å². The second-order valence-electron chi connectivity index (χ2n) is 12.5. The van der Waals surface area contributed by atoms with E-state index in [9.17, 15) is 4.79 Å². The lowest BCUT2D eigenvalue weighted by molar-refractivity contribution is -0.329. The van der Waals surface area contributed by atoms with Gasteiger partial charge in [0, 0.05) is 0 Å². The number of esters is 1. The molecule has 46 heavy (non-hydrogen) atoms. The lowest BCUT2D eigenvalue weighted by Crippen LogP contribution is -2.62. The first-order chi connectivity index (χ1) is 22.4. The Balaban J connectivity index is 1.47. The zero-order valence-corrected chi connectivity index (χ0v) is 26.8. The van der Waals surface area contributed by atoms with Crippen molar-refractivity contribution >= 4 is 5.97 Å². The van der Waals surface area contributed by atoms with Crippen LogP contribution in [0, 0.1) is 5.41 Å². The molecule has 5 rings (SSSR count). The summed E-state index contributed by atoms with van der Waals surface area (Å²) in [6, 6.07) is 39.8. The SMILES string of the molecule is CC(C)(C)C(=O)OC[C@H]1O[C@H](OCc2ccccc2)[C@H](OCc2ccccc2)[C@@H](OCc2ccccc2)[C@H]1OCc1ccccc1. The van der Waals surface area contributed by atoms with Gasteiger partial charge in [-0.2, -0.15) is 0 Å². The third-order valence-electron chi connectivity index (χ3n) is 7.70. The zero-order chi connectivity index (χ0) is 32.2. The van der Waals surface area contributed by atoms with Crippen molar-refractivity contribution in [1.82, 2.24) is 0 Å². The van der Waals surface area contributed by atoms with Crippen LogP contribution in [-0.4, -0.2) is 43.3 Å². The molecule has 7 heteroatoms. The molecule has 1 aliphatic rings. The molecule has 0 spiro atoms. The van der Waals surface area contributed by atoms with E-state index in [0.717, 1.165) is 22.3 Å². The van der Waals surface area contributed by atoms with Crippen LogP contribution in [0.25, 0.3) is 0 Å². The molecular weight excluding hydrogens is 580 g/mol. The van der Waals surface area contributed by atoms with Crippen molar-refractivity contribution in [3.05, 3.63) is 144 Å². The lowest BCUT2D eigenvalue weighted by atomic mass is 9.96. The molecule has 0 aliphatic carbocycles. The van der Waals surface area contributed by atoms with E-state index in [4.69, 9.17) is 28.4 Å². The summed E-state index contributed by atoms with van der Waals surface area (Å²) in [4.78, 5) is 12.9. The van der Waals surface area contributed by atoms with Crippen LogP contribution >= 0.6 is 0 Å². The molecule has 0 aromatic heterocycles. The number of rotatable bonds is 14. The fraction of sp³-hybridized carbons (Fsp3) is 0.359. The van der Waals surface area contributed by atoms with E-state index in [-0.39, 0.29) is 12.6 Å². The van der Waals surface area contributed by atoms with Crippen LogP contribution in [0.3, 0.4) is 0 Å². The van der Waals surface area contributed by atoms with Crippen molar-refractivity contribution in [3.8, 4) is 0 Å². The monoisotopic (exact) mass is 624 g/mol. The summed E-state index contributed by atoms with van der Waals surface area (Å²) < 4.78 is 38.8. The Hall–Kier alpha value is -3.85. The van der Waals surface area contributed by atoms with Gasteiger partial charge >= 0.3 is 5.97 Å². The van der Waals surface area contributed by atoms with Crippen molar-refractivity contribution < 1.29 is 33.2 Å². The highest BCUT2D eigenvalue weighted by molar-refractivity contribution is 5.75. The highest BCUT2D eigenvalue weighted by Gasteiger charge is 2.49. The molecule has 0 amide bonds. The molecule has 7 nitrogen and oxygen atoms in total. The van der Waals surface area contributed by atoms with E-state index >= 15 is 0 Å². The number of carbonyl (C=O) groups excluding carboxylic acids is 1. The molecule has 0 bridgehead atoms. The minimum Gasteiger partial charge on any atom is -0.462 e. The van der Waals surface area contributed by atoms with E-state index in [1.54, 1.807) is 0 Å². The van der Waals surface area contributed by atoms with Crippen LogP contribution in [0.4, 0.5) is 0 Å². The maximum absolute atomic E-state index is 12.9. The van der Waals surface area contributed by atoms with Crippen molar-refractivity contribution in [1.29, 1.82) is 0 Å². The first kappa shape index (κ1) is 33.5. The third-order valence-corrected chi connectivity index (χ3v) is 7.70. The molecule has 0 radical (unpaired) electrons. The molecular formula is C39H44O7. The summed E-state index contributed by atoms with van der Waals surface area (Å²) in [7, 11) is 0. The van der Waals surface area contributed by atoms with Gasteiger partial charge in [0.1, 0.15) is 31.0 Å². The van der Waals surface area contributed by atoms with E-state index in [2.05, 4.69) is 0 Å². The van der Waals surface area contributed by atoms with Crippen LogP contribution < -0.4 is 0 Å². The van der Waals surface area contributed by atoms with Crippen LogP contribution in [0.5, 0.6) is 0 Å². The Morgan fingerprint density at radius 2 is 0.913 bits per heavy atom. The van der Waals surface area contributed by atoms with Gasteiger partial charge < -0.3 is 28.4 Å². The maximum Gasteiger partial charge on any atom is 0.311 e. The van der Waals surface area contributed by atoms with Gasteiger partial charge in [-0.15, -0.1) is 0 Å². The Morgan fingerprint density at radius 1 is 0.543 bits per heavy atom. The molecule has 5 atom stereocenters. The van der Waals surface area contributed by atoms with Crippen LogP contribution in [-0.2, 0) is 59.6 Å². The Morgan fingerprint density at radius 3 is 1.33 bits per heavy atom. The van der Waals surface area contributed by atoms with Crippen LogP contribution in [0.2, 0.25) is 0 Å². The molecule has 0 saturated carbocycles. The van der Waals surface area contributed by atoms with Crippen molar-refractivity contribution in [3.63, 3.8) is 0 Å². The molecule has 1 aliphatic heterocycles. The predicted molar refractivity (Wildman–Crippen MR) is 175 cm³/mol. The van der Waals surface area contributed by atoms with Gasteiger partial charge in [0.25, 0.3) is 0 Å². The zero-order valence-electron chi connectivity index (χ0n) is 26.8. The molecule has 1 saturated heterocycles. The number of benzene rings is 4. The topological polar surface area (TPSA) is 72.5 Å². The summed E-state index contributed by atoms with van der Waals surface area (Å²) in [6.07, 6.45) is -3.45. The second-order valence-corrected chi connectivity index (χ2v) is 12.5. The third kappa shape index (κ3) is 9.82. The van der Waals surface area contributed by atoms with Crippen molar-refractivity contribution in [2.75, 3.05) is 6.61 Å². The van der Waals surface area contributed by atoms with Gasteiger partial charge in [0.15, 0.2) is 6.29 Å². The summed E-state index contributed by atoms with van der Waals surface area (Å²) in [5.74, 6) is -0.330. The predicted octanol–water partition coefficient (Wildman–Crippen LogP) is 7.27. The van der Waals surface area contributed by atoms with Gasteiger partial charge in [0.2, 0.25) is 0 Å². The summed E-state index contributed by atoms with van der Waals surface area (Å²) in [5.41, 5.74) is 3.33. The largest absolute Gasteiger partial charge is 0.462 e. The number of hydrogen-bond donors (Lipinski definition) is 0. The van der Waals surface area contributed by atoms with E-state index < -0.39 is 36.1 Å². The minimum atomic E-state index is -0.834. The molecule has 0 unspecified atom stereocenters.